The number of H-pyrrole nitrogens is 1. The molecule has 1 fully saturated rings. The number of nitrogens with one attached hydrogen (secondary N) is 1. The minimum Gasteiger partial charge on any atom is -0.379 e. The fourth-order valence-electron chi connectivity index (χ4n) is 3.85. The van der Waals surface area contributed by atoms with Crippen LogP contribution in [0.3, 0.4) is 0 Å². The van der Waals surface area contributed by atoms with Gasteiger partial charge >= 0.3 is 0 Å². The Labute approximate surface area is 189 Å². The molecule has 1 unspecified atom stereocenters. The van der Waals surface area contributed by atoms with E-state index in [1.807, 2.05) is 22.8 Å². The molecule has 172 valence electrons. The van der Waals surface area contributed by atoms with E-state index in [-0.39, 0.29) is 17.5 Å². The molecule has 4 heterocycles. The van der Waals surface area contributed by atoms with E-state index in [1.165, 1.54) is 12.4 Å². The molecule has 1 saturated heterocycles. The van der Waals surface area contributed by atoms with Crippen LogP contribution >= 0.6 is 0 Å². The van der Waals surface area contributed by atoms with E-state index < -0.39 is 0 Å². The van der Waals surface area contributed by atoms with Crippen molar-refractivity contribution in [3.8, 4) is 6.07 Å². The molecule has 1 aliphatic heterocycles. The fourth-order valence-corrected chi connectivity index (χ4v) is 3.85. The first-order valence-electron chi connectivity index (χ1n) is 10.7. The second-order valence-corrected chi connectivity index (χ2v) is 7.91. The molecule has 0 spiro atoms. The number of nitriles is 1. The molecule has 0 aromatic carbocycles. The van der Waals surface area contributed by atoms with Gasteiger partial charge in [0.1, 0.15) is 6.07 Å². The molecule has 1 amide bonds. The number of aromatic nitrogens is 6. The van der Waals surface area contributed by atoms with Gasteiger partial charge in [0.2, 0.25) is 11.9 Å². The standard InChI is InChI=1S/C21H25N9O3/c1-14(30-17-12-25-26-20(32)19(17)15(2)27-30)13-33-8-3-18(31)28-4-6-29(7-5-28)21-23-10-16(9-22)11-24-21/h10-12,14H,3-8,13H2,1-2H3,(H,26,32). The Balaban J connectivity index is 1.22. The van der Waals surface area contributed by atoms with Crippen LogP contribution in [0.5, 0.6) is 0 Å². The van der Waals surface area contributed by atoms with Gasteiger partial charge in [0.05, 0.1) is 66.4 Å². The van der Waals surface area contributed by atoms with Gasteiger partial charge in [0.15, 0.2) is 0 Å². The summed E-state index contributed by atoms with van der Waals surface area (Å²) in [5.74, 6) is 0.608. The zero-order valence-corrected chi connectivity index (χ0v) is 18.6. The third kappa shape index (κ3) is 4.83. The van der Waals surface area contributed by atoms with Crippen LogP contribution in [0.1, 0.15) is 30.6 Å². The predicted octanol–water partition coefficient (Wildman–Crippen LogP) is 0.406. The van der Waals surface area contributed by atoms with Crippen LogP contribution in [-0.4, -0.2) is 80.1 Å². The number of ether oxygens (including phenoxy) is 1. The lowest BCUT2D eigenvalue weighted by Gasteiger charge is -2.34. The first-order chi connectivity index (χ1) is 16.0. The highest BCUT2D eigenvalue weighted by atomic mass is 16.5. The Morgan fingerprint density at radius 2 is 1.97 bits per heavy atom. The van der Waals surface area contributed by atoms with Crippen LogP contribution in [0.2, 0.25) is 0 Å². The summed E-state index contributed by atoms with van der Waals surface area (Å²) >= 11 is 0. The zero-order chi connectivity index (χ0) is 23.4. The van der Waals surface area contributed by atoms with Crippen molar-refractivity contribution in [3.05, 3.63) is 40.2 Å². The van der Waals surface area contributed by atoms with Crippen molar-refractivity contribution in [2.24, 2.45) is 0 Å². The molecule has 33 heavy (non-hydrogen) atoms. The van der Waals surface area contributed by atoms with Crippen LogP contribution in [0.25, 0.3) is 10.9 Å². The molecule has 12 nitrogen and oxygen atoms in total. The highest BCUT2D eigenvalue weighted by molar-refractivity contribution is 5.79. The monoisotopic (exact) mass is 451 g/mol. The Bertz CT molecular complexity index is 1220. The highest BCUT2D eigenvalue weighted by Crippen LogP contribution is 2.17. The van der Waals surface area contributed by atoms with E-state index >= 15 is 0 Å². The Hall–Kier alpha value is -3.85. The maximum Gasteiger partial charge on any atom is 0.275 e. The lowest BCUT2D eigenvalue weighted by molar-refractivity contribution is -0.132. The summed E-state index contributed by atoms with van der Waals surface area (Å²) in [5.41, 5.74) is 1.46. The van der Waals surface area contributed by atoms with Crippen molar-refractivity contribution in [2.45, 2.75) is 26.3 Å². The van der Waals surface area contributed by atoms with Gasteiger partial charge in [-0.25, -0.2) is 15.1 Å². The number of fused-ring (bicyclic) bond motifs is 1. The largest absolute Gasteiger partial charge is 0.379 e. The Kier molecular flexibility index (Phi) is 6.60. The van der Waals surface area contributed by atoms with Gasteiger partial charge in [-0.3, -0.25) is 14.3 Å². The minimum absolute atomic E-state index is 0.0409. The van der Waals surface area contributed by atoms with Crippen LogP contribution in [0.4, 0.5) is 5.95 Å². The van der Waals surface area contributed by atoms with Gasteiger partial charge < -0.3 is 14.5 Å². The number of amides is 1. The summed E-state index contributed by atoms with van der Waals surface area (Å²) in [5, 5.41) is 20.1. The SMILES string of the molecule is Cc1nn(C(C)COCCC(=O)N2CCN(c3ncc(C#N)cn3)CC2)c2cn[nH]c(=O)c12. The van der Waals surface area contributed by atoms with Crippen molar-refractivity contribution < 1.29 is 9.53 Å². The van der Waals surface area contributed by atoms with Gasteiger partial charge in [0, 0.05) is 26.2 Å². The van der Waals surface area contributed by atoms with Gasteiger partial charge in [-0.05, 0) is 13.8 Å². The normalized spacial score (nSPS) is 14.9. The maximum atomic E-state index is 12.6. The van der Waals surface area contributed by atoms with E-state index in [0.29, 0.717) is 73.9 Å². The third-order valence-electron chi connectivity index (χ3n) is 5.62. The first-order valence-corrected chi connectivity index (χ1v) is 10.7. The van der Waals surface area contributed by atoms with Crippen LogP contribution < -0.4 is 10.5 Å². The summed E-state index contributed by atoms with van der Waals surface area (Å²) in [6.45, 7) is 6.83. The summed E-state index contributed by atoms with van der Waals surface area (Å²) < 4.78 is 7.48. The molecule has 0 radical (unpaired) electrons. The van der Waals surface area contributed by atoms with Crippen LogP contribution in [-0.2, 0) is 9.53 Å². The van der Waals surface area contributed by atoms with Crippen molar-refractivity contribution in [1.82, 2.24) is 34.8 Å². The van der Waals surface area contributed by atoms with Crippen LogP contribution in [0, 0.1) is 18.3 Å². The summed E-state index contributed by atoms with van der Waals surface area (Å²) in [6.07, 6.45) is 4.87. The van der Waals surface area contributed by atoms with E-state index in [4.69, 9.17) is 10.00 Å². The highest BCUT2D eigenvalue weighted by Gasteiger charge is 2.22. The second-order valence-electron chi connectivity index (χ2n) is 7.91. The topological polar surface area (TPSA) is 146 Å². The molecule has 1 atom stereocenters. The van der Waals surface area contributed by atoms with Gasteiger partial charge in [0.25, 0.3) is 5.56 Å². The summed E-state index contributed by atoms with van der Waals surface area (Å²) in [7, 11) is 0. The molecule has 12 heteroatoms. The molecule has 0 aliphatic carbocycles. The average Bonchev–Trinajstić information content (AvgIpc) is 3.19. The Morgan fingerprint density at radius 3 is 2.67 bits per heavy atom. The number of hydrogen-bond acceptors (Lipinski definition) is 9. The first kappa shape index (κ1) is 22.3. The summed E-state index contributed by atoms with van der Waals surface area (Å²) in [4.78, 5) is 36.8. The number of carbonyl (C=O) groups is 1. The van der Waals surface area contributed by atoms with E-state index in [9.17, 15) is 9.59 Å². The Morgan fingerprint density at radius 1 is 1.24 bits per heavy atom. The van der Waals surface area contributed by atoms with Crippen molar-refractivity contribution in [2.75, 3.05) is 44.3 Å². The molecule has 3 aromatic rings. The number of aromatic amines is 1. The summed E-state index contributed by atoms with van der Waals surface area (Å²) in [6, 6.07) is 1.89. The van der Waals surface area contributed by atoms with Gasteiger partial charge in [-0.15, -0.1) is 0 Å². The number of piperazine rings is 1. The number of rotatable bonds is 7. The third-order valence-corrected chi connectivity index (χ3v) is 5.62. The number of aryl methyl sites for hydroxylation is 1. The maximum absolute atomic E-state index is 12.6. The van der Waals surface area contributed by atoms with E-state index in [1.54, 1.807) is 17.8 Å². The lowest BCUT2D eigenvalue weighted by atomic mass is 10.3. The molecule has 4 rings (SSSR count). The molecular formula is C21H25N9O3. The molecule has 0 bridgehead atoms. The average molecular weight is 451 g/mol. The molecular weight excluding hydrogens is 426 g/mol. The smallest absolute Gasteiger partial charge is 0.275 e. The quantitative estimate of drug-likeness (QED) is 0.504. The minimum atomic E-state index is -0.263. The number of nitrogens with zero attached hydrogens (tertiary/aromatic N) is 8. The molecule has 0 saturated carbocycles. The molecule has 1 aliphatic rings. The van der Waals surface area contributed by atoms with Crippen molar-refractivity contribution >= 4 is 22.8 Å². The lowest BCUT2D eigenvalue weighted by Crippen LogP contribution is -2.49. The zero-order valence-electron chi connectivity index (χ0n) is 18.6. The predicted molar refractivity (Wildman–Crippen MR) is 119 cm³/mol. The number of carbonyl (C=O) groups excluding carboxylic acids is 1. The van der Waals surface area contributed by atoms with E-state index in [2.05, 4.69) is 25.3 Å². The second kappa shape index (κ2) is 9.74. The van der Waals surface area contributed by atoms with Crippen molar-refractivity contribution in [1.29, 1.82) is 5.26 Å². The number of anilines is 1. The van der Waals surface area contributed by atoms with Gasteiger partial charge in [-0.1, -0.05) is 0 Å². The fraction of sp³-hybridized carbons (Fsp3) is 0.476. The number of hydrogen-bond donors (Lipinski definition) is 1. The van der Waals surface area contributed by atoms with Crippen molar-refractivity contribution in [3.63, 3.8) is 0 Å². The van der Waals surface area contributed by atoms with Crippen LogP contribution in [0.15, 0.2) is 23.4 Å². The molecule has 3 aromatic heterocycles. The molecule has 1 N–H and O–H groups in total. The van der Waals surface area contributed by atoms with E-state index in [0.717, 1.165) is 0 Å². The van der Waals surface area contributed by atoms with Gasteiger partial charge in [-0.2, -0.15) is 15.5 Å².